The lowest BCUT2D eigenvalue weighted by Crippen LogP contribution is -2.50. The second-order valence-electron chi connectivity index (χ2n) is 3.18. The Morgan fingerprint density at radius 2 is 2.29 bits per heavy atom. The summed E-state index contributed by atoms with van der Waals surface area (Å²) in [6.45, 7) is 8.56. The fourth-order valence-corrected chi connectivity index (χ4v) is 1.39. The first-order valence-corrected chi connectivity index (χ1v) is 4.97. The number of Topliss-reactive ketones (excluding diaryl/α,β-unsaturated/α-hetero) is 1. The molecule has 14 heavy (non-hydrogen) atoms. The lowest BCUT2D eigenvalue weighted by atomic mass is 9.95. The highest BCUT2D eigenvalue weighted by atomic mass is 35.5. The number of ketones is 1. The Hall–Kier alpha value is -0.380. The van der Waals surface area contributed by atoms with Gasteiger partial charge in [0.2, 0.25) is 0 Å². The van der Waals surface area contributed by atoms with Crippen molar-refractivity contribution in [1.82, 2.24) is 0 Å². The number of carbonyl (C=O) groups is 1. The first kappa shape index (κ1) is 13.6. The van der Waals surface area contributed by atoms with Crippen molar-refractivity contribution in [3.05, 3.63) is 12.7 Å². The zero-order valence-corrected chi connectivity index (χ0v) is 9.54. The molecule has 0 amide bonds. The molecule has 3 unspecified atom stereocenters. The Morgan fingerprint density at radius 3 is 2.57 bits per heavy atom. The summed E-state index contributed by atoms with van der Waals surface area (Å²) in [5.74, 6) is -2.39. The highest BCUT2D eigenvalue weighted by Gasteiger charge is 2.43. The minimum atomic E-state index is -1.66. The third-order valence-corrected chi connectivity index (χ3v) is 2.72. The second-order valence-corrected chi connectivity index (χ2v) is 3.62. The third-order valence-electron chi connectivity index (χ3n) is 2.10. The number of alkyl halides is 1. The normalized spacial score (nSPS) is 19.5. The van der Waals surface area contributed by atoms with E-state index in [0.29, 0.717) is 0 Å². The highest BCUT2D eigenvalue weighted by molar-refractivity contribution is 6.31. The molecule has 3 atom stereocenters. The van der Waals surface area contributed by atoms with Crippen LogP contribution >= 0.6 is 11.6 Å². The lowest BCUT2D eigenvalue weighted by Gasteiger charge is -2.34. The molecule has 0 spiro atoms. The zero-order valence-electron chi connectivity index (χ0n) is 8.79. The Balaban J connectivity index is 4.86. The molecule has 0 aliphatic rings. The first-order valence-electron chi connectivity index (χ1n) is 4.53. The molecule has 0 heterocycles. The van der Waals surface area contributed by atoms with Crippen molar-refractivity contribution in [2.75, 3.05) is 6.61 Å². The summed E-state index contributed by atoms with van der Waals surface area (Å²) in [4.78, 5) is 11.1. The predicted octanol–water partition coefficient (Wildman–Crippen LogP) is 1.73. The van der Waals surface area contributed by atoms with Gasteiger partial charge in [0.25, 0.3) is 0 Å². The summed E-state index contributed by atoms with van der Waals surface area (Å²) in [6.07, 6.45) is 1.51. The maximum absolute atomic E-state index is 11.1. The van der Waals surface area contributed by atoms with E-state index in [1.165, 1.54) is 13.0 Å². The topological polar surface area (TPSA) is 46.5 Å². The molecule has 0 aliphatic carbocycles. The summed E-state index contributed by atoms with van der Waals surface area (Å²) in [5, 5.41) is 9.00. The summed E-state index contributed by atoms with van der Waals surface area (Å²) >= 11 is 5.80. The van der Waals surface area contributed by atoms with Gasteiger partial charge < -0.3 is 9.84 Å². The van der Waals surface area contributed by atoms with Crippen LogP contribution in [-0.4, -0.2) is 28.7 Å². The van der Waals surface area contributed by atoms with Gasteiger partial charge in [0.15, 0.2) is 11.6 Å². The molecule has 0 radical (unpaired) electrons. The zero-order chi connectivity index (χ0) is 11.4. The van der Waals surface area contributed by atoms with Crippen LogP contribution in [-0.2, 0) is 9.53 Å². The minimum Gasteiger partial charge on any atom is -0.363 e. The van der Waals surface area contributed by atoms with Gasteiger partial charge in [-0.1, -0.05) is 13.0 Å². The fraction of sp³-hybridized carbons (Fsp3) is 0.700. The molecular weight excluding hydrogens is 204 g/mol. The van der Waals surface area contributed by atoms with Gasteiger partial charge in [-0.05, 0) is 13.8 Å². The smallest absolute Gasteiger partial charge is 0.195 e. The average Bonchev–Trinajstić information content (AvgIpc) is 2.15. The summed E-state index contributed by atoms with van der Waals surface area (Å²) < 4.78 is 5.14. The van der Waals surface area contributed by atoms with Crippen LogP contribution in [0.25, 0.3) is 0 Å². The van der Waals surface area contributed by atoms with E-state index in [1.807, 2.05) is 0 Å². The van der Waals surface area contributed by atoms with Crippen molar-refractivity contribution in [3.63, 3.8) is 0 Å². The van der Waals surface area contributed by atoms with E-state index in [2.05, 4.69) is 6.58 Å². The quantitative estimate of drug-likeness (QED) is 0.421. The van der Waals surface area contributed by atoms with Gasteiger partial charge in [-0.15, -0.1) is 18.2 Å². The van der Waals surface area contributed by atoms with Gasteiger partial charge in [-0.2, -0.15) is 0 Å². The molecule has 0 rings (SSSR count). The molecule has 3 nitrogen and oxygen atoms in total. The first-order chi connectivity index (χ1) is 6.40. The highest BCUT2D eigenvalue weighted by Crippen LogP contribution is 2.28. The second kappa shape index (κ2) is 5.49. The molecule has 0 bridgehead atoms. The van der Waals surface area contributed by atoms with E-state index in [-0.39, 0.29) is 12.4 Å². The monoisotopic (exact) mass is 220 g/mol. The van der Waals surface area contributed by atoms with Crippen molar-refractivity contribution < 1.29 is 14.6 Å². The van der Waals surface area contributed by atoms with Gasteiger partial charge in [0.1, 0.15) is 5.38 Å². The molecule has 0 aromatic rings. The molecule has 4 heteroatoms. The maximum atomic E-state index is 11.1. The molecule has 0 aliphatic heterocycles. The molecule has 0 aromatic carbocycles. The standard InChI is InChI=1S/C10H17ClO3/c1-5-7(3)10(13,14-6-2)9(11)8(4)12/h5,7,9,13H,1,6H2,2-4H3. The number of rotatable bonds is 6. The Kier molecular flexibility index (Phi) is 5.34. The number of halogens is 1. The Morgan fingerprint density at radius 1 is 1.79 bits per heavy atom. The number of aliphatic hydroxyl groups is 1. The largest absolute Gasteiger partial charge is 0.363 e. The number of carbonyl (C=O) groups excluding carboxylic acids is 1. The van der Waals surface area contributed by atoms with E-state index in [4.69, 9.17) is 16.3 Å². The fourth-order valence-electron chi connectivity index (χ4n) is 1.13. The minimum absolute atomic E-state index is 0.283. The lowest BCUT2D eigenvalue weighted by molar-refractivity contribution is -0.220. The van der Waals surface area contributed by atoms with E-state index < -0.39 is 17.1 Å². The van der Waals surface area contributed by atoms with Crippen molar-refractivity contribution >= 4 is 17.4 Å². The molecule has 0 saturated heterocycles. The van der Waals surface area contributed by atoms with Crippen molar-refractivity contribution in [3.8, 4) is 0 Å². The van der Waals surface area contributed by atoms with Crippen molar-refractivity contribution in [2.45, 2.75) is 31.9 Å². The van der Waals surface area contributed by atoms with Crippen LogP contribution in [0.1, 0.15) is 20.8 Å². The number of hydrogen-bond donors (Lipinski definition) is 1. The molecule has 0 fully saturated rings. The average molecular weight is 221 g/mol. The molecule has 0 aromatic heterocycles. The summed E-state index contributed by atoms with van der Waals surface area (Å²) in [6, 6.07) is 0. The van der Waals surface area contributed by atoms with Gasteiger partial charge in [-0.3, -0.25) is 4.79 Å². The number of hydrogen-bond acceptors (Lipinski definition) is 3. The van der Waals surface area contributed by atoms with Crippen LogP contribution < -0.4 is 0 Å². The summed E-state index contributed by atoms with van der Waals surface area (Å²) in [7, 11) is 0. The summed E-state index contributed by atoms with van der Waals surface area (Å²) in [5.41, 5.74) is 0. The van der Waals surface area contributed by atoms with Crippen LogP contribution in [0.15, 0.2) is 12.7 Å². The van der Waals surface area contributed by atoms with Gasteiger partial charge in [-0.25, -0.2) is 0 Å². The Bertz CT molecular complexity index is 217. The van der Waals surface area contributed by atoms with Gasteiger partial charge in [0.05, 0.1) is 0 Å². The SMILES string of the molecule is C=CC(C)C(O)(OCC)C(Cl)C(C)=O. The van der Waals surface area contributed by atoms with Crippen LogP contribution in [0.4, 0.5) is 0 Å². The number of ether oxygens (including phenoxy) is 1. The molecule has 1 N–H and O–H groups in total. The van der Waals surface area contributed by atoms with E-state index in [1.54, 1.807) is 13.8 Å². The van der Waals surface area contributed by atoms with Crippen molar-refractivity contribution in [2.24, 2.45) is 5.92 Å². The van der Waals surface area contributed by atoms with Gasteiger partial charge >= 0.3 is 0 Å². The van der Waals surface area contributed by atoms with E-state index >= 15 is 0 Å². The van der Waals surface area contributed by atoms with E-state index in [9.17, 15) is 9.90 Å². The van der Waals surface area contributed by atoms with Gasteiger partial charge in [0, 0.05) is 12.5 Å². The van der Waals surface area contributed by atoms with Crippen LogP contribution in [0.3, 0.4) is 0 Å². The Labute approximate surface area is 89.7 Å². The molecule has 0 saturated carbocycles. The molecular formula is C10H17ClO3. The van der Waals surface area contributed by atoms with E-state index in [0.717, 1.165) is 0 Å². The maximum Gasteiger partial charge on any atom is 0.195 e. The molecule has 82 valence electrons. The predicted molar refractivity (Wildman–Crippen MR) is 56.3 cm³/mol. The van der Waals surface area contributed by atoms with Crippen LogP contribution in [0.2, 0.25) is 0 Å². The third kappa shape index (κ3) is 2.80. The van der Waals surface area contributed by atoms with Crippen LogP contribution in [0, 0.1) is 5.92 Å². The van der Waals surface area contributed by atoms with Crippen LogP contribution in [0.5, 0.6) is 0 Å². The van der Waals surface area contributed by atoms with Crippen molar-refractivity contribution in [1.29, 1.82) is 0 Å².